The molecule has 0 heterocycles. The van der Waals surface area contributed by atoms with Crippen LogP contribution < -0.4 is 0 Å². The molecule has 0 saturated carbocycles. The van der Waals surface area contributed by atoms with Gasteiger partial charge in [-0.2, -0.15) is 0 Å². The van der Waals surface area contributed by atoms with Crippen molar-refractivity contribution in [3.8, 4) is 0 Å². The van der Waals surface area contributed by atoms with Crippen LogP contribution in [0.4, 0.5) is 0 Å². The van der Waals surface area contributed by atoms with Crippen LogP contribution in [-0.4, -0.2) is 0 Å². The predicted molar refractivity (Wildman–Crippen MR) is 154 cm³/mol. The van der Waals surface area contributed by atoms with Crippen molar-refractivity contribution in [1.29, 1.82) is 0 Å². The van der Waals surface area contributed by atoms with Gasteiger partial charge in [-0.25, -0.2) is 0 Å². The summed E-state index contributed by atoms with van der Waals surface area (Å²) < 4.78 is 0. The number of hydrogen-bond acceptors (Lipinski definition) is 0. The average molecular weight is 465 g/mol. The number of rotatable bonds is 28. The van der Waals surface area contributed by atoms with E-state index in [0.29, 0.717) is 0 Å². The zero-order valence-electron chi connectivity index (χ0n) is 24.2. The minimum Gasteiger partial charge on any atom is -0.0654 e. The lowest BCUT2D eigenvalue weighted by Gasteiger charge is -2.11. The van der Waals surface area contributed by atoms with Gasteiger partial charge < -0.3 is 0 Å². The molecule has 0 aliphatic rings. The van der Waals surface area contributed by atoms with Crippen LogP contribution in [0.2, 0.25) is 0 Å². The summed E-state index contributed by atoms with van der Waals surface area (Å²) in [5.74, 6) is 1.93. The molecule has 0 radical (unpaired) electrons. The fourth-order valence-electron chi connectivity index (χ4n) is 5.41. The van der Waals surface area contributed by atoms with Gasteiger partial charge in [0.05, 0.1) is 0 Å². The van der Waals surface area contributed by atoms with Crippen molar-refractivity contribution in [1.82, 2.24) is 0 Å². The van der Waals surface area contributed by atoms with Crippen LogP contribution >= 0.6 is 0 Å². The summed E-state index contributed by atoms with van der Waals surface area (Å²) in [7, 11) is 0. The molecule has 0 aliphatic carbocycles. The fourth-order valence-corrected chi connectivity index (χ4v) is 5.41. The first-order valence-corrected chi connectivity index (χ1v) is 16.2. The lowest BCUT2D eigenvalue weighted by Crippen LogP contribution is -1.95. The van der Waals surface area contributed by atoms with Gasteiger partial charge in [0.2, 0.25) is 0 Å². The van der Waals surface area contributed by atoms with Gasteiger partial charge in [-0.1, -0.05) is 201 Å². The highest BCUT2D eigenvalue weighted by Crippen LogP contribution is 2.20. The van der Waals surface area contributed by atoms with E-state index in [2.05, 4.69) is 27.7 Å². The van der Waals surface area contributed by atoms with Crippen molar-refractivity contribution in [2.75, 3.05) is 0 Å². The Morgan fingerprint density at radius 3 is 0.697 bits per heavy atom. The first-order chi connectivity index (χ1) is 16.2. The van der Waals surface area contributed by atoms with Crippen LogP contribution in [0.3, 0.4) is 0 Å². The van der Waals surface area contributed by atoms with Crippen molar-refractivity contribution in [3.63, 3.8) is 0 Å². The molecule has 0 aromatic rings. The van der Waals surface area contributed by atoms with Crippen LogP contribution in [0, 0.1) is 11.8 Å². The molecule has 0 N–H and O–H groups in total. The Bertz CT molecular complexity index is 333. The van der Waals surface area contributed by atoms with Gasteiger partial charge in [0.25, 0.3) is 0 Å². The molecule has 0 bridgehead atoms. The second kappa shape index (κ2) is 28.2. The van der Waals surface area contributed by atoms with E-state index in [9.17, 15) is 0 Å². The molecule has 0 heteroatoms. The second-order valence-corrected chi connectivity index (χ2v) is 11.8. The van der Waals surface area contributed by atoms with Gasteiger partial charge in [-0.15, -0.1) is 0 Å². The molecule has 0 aliphatic heterocycles. The predicted octanol–water partition coefficient (Wildman–Crippen LogP) is 12.8. The van der Waals surface area contributed by atoms with Gasteiger partial charge in [-0.05, 0) is 11.8 Å². The Morgan fingerprint density at radius 2 is 0.455 bits per heavy atom. The molecule has 0 rings (SSSR count). The molecule has 2 atom stereocenters. The smallest absolute Gasteiger partial charge is 0.0443 e. The highest BCUT2D eigenvalue weighted by Gasteiger charge is 2.03. The third kappa shape index (κ3) is 28.1. The van der Waals surface area contributed by atoms with Crippen molar-refractivity contribution >= 4 is 0 Å². The molecule has 0 aromatic heterocycles. The van der Waals surface area contributed by atoms with E-state index in [1.54, 1.807) is 0 Å². The summed E-state index contributed by atoms with van der Waals surface area (Å²) >= 11 is 0. The quantitative estimate of drug-likeness (QED) is 0.101. The van der Waals surface area contributed by atoms with E-state index >= 15 is 0 Å². The van der Waals surface area contributed by atoms with Gasteiger partial charge in [0.1, 0.15) is 0 Å². The lowest BCUT2D eigenvalue weighted by molar-refractivity contribution is 0.426. The number of hydrogen-bond donors (Lipinski definition) is 0. The van der Waals surface area contributed by atoms with E-state index < -0.39 is 0 Å². The SMILES string of the molecule is CCCCCCCCCCCCC(C)CCCCCCCCCCCC(C)CCCCCC. The standard InChI is InChI=1S/C33H68/c1-5-7-9-11-12-13-15-18-21-26-30-33(4)31-27-23-20-17-14-16-19-22-25-29-32(3)28-24-10-8-6-2/h32-33H,5-31H2,1-4H3. The molecule has 33 heavy (non-hydrogen) atoms. The van der Waals surface area contributed by atoms with E-state index in [1.165, 1.54) is 173 Å². The molecular formula is C33H68. The first-order valence-electron chi connectivity index (χ1n) is 16.2. The Kier molecular flexibility index (Phi) is 28.2. The third-order valence-corrected chi connectivity index (χ3v) is 7.99. The summed E-state index contributed by atoms with van der Waals surface area (Å²) in [6.45, 7) is 9.59. The van der Waals surface area contributed by atoms with Gasteiger partial charge in [0.15, 0.2) is 0 Å². The van der Waals surface area contributed by atoms with E-state index in [-0.39, 0.29) is 0 Å². The van der Waals surface area contributed by atoms with Crippen molar-refractivity contribution in [3.05, 3.63) is 0 Å². The monoisotopic (exact) mass is 465 g/mol. The maximum absolute atomic E-state index is 2.50. The average Bonchev–Trinajstić information content (AvgIpc) is 2.81. The summed E-state index contributed by atoms with van der Waals surface area (Å²) in [6.07, 6.45) is 39.6. The molecule has 0 saturated heterocycles. The molecule has 2 unspecified atom stereocenters. The molecule has 0 spiro atoms. The highest BCUT2D eigenvalue weighted by atomic mass is 14.1. The Hall–Kier alpha value is 0. The van der Waals surface area contributed by atoms with Gasteiger partial charge >= 0.3 is 0 Å². The van der Waals surface area contributed by atoms with E-state index in [4.69, 9.17) is 0 Å². The van der Waals surface area contributed by atoms with Crippen LogP contribution in [0.15, 0.2) is 0 Å². The Labute approximate surface area is 212 Å². The third-order valence-electron chi connectivity index (χ3n) is 7.99. The Morgan fingerprint density at radius 1 is 0.273 bits per heavy atom. The van der Waals surface area contributed by atoms with Crippen LogP contribution in [0.25, 0.3) is 0 Å². The second-order valence-electron chi connectivity index (χ2n) is 11.8. The van der Waals surface area contributed by atoms with Crippen LogP contribution in [-0.2, 0) is 0 Å². The van der Waals surface area contributed by atoms with Crippen molar-refractivity contribution < 1.29 is 0 Å². The maximum atomic E-state index is 2.50. The Balaban J connectivity index is 3.20. The molecular weight excluding hydrogens is 396 g/mol. The minimum absolute atomic E-state index is 0.966. The molecule has 0 aromatic carbocycles. The van der Waals surface area contributed by atoms with Crippen molar-refractivity contribution in [2.45, 2.75) is 201 Å². The molecule has 0 amide bonds. The normalized spacial score (nSPS) is 13.5. The van der Waals surface area contributed by atoms with Crippen LogP contribution in [0.1, 0.15) is 201 Å². The van der Waals surface area contributed by atoms with Gasteiger partial charge in [-0.3, -0.25) is 0 Å². The zero-order valence-corrected chi connectivity index (χ0v) is 24.2. The maximum Gasteiger partial charge on any atom is -0.0443 e. The summed E-state index contributed by atoms with van der Waals surface area (Å²) in [5, 5.41) is 0. The van der Waals surface area contributed by atoms with Crippen LogP contribution in [0.5, 0.6) is 0 Å². The first kappa shape index (κ1) is 33.0. The minimum atomic E-state index is 0.966. The lowest BCUT2D eigenvalue weighted by atomic mass is 9.95. The summed E-state index contributed by atoms with van der Waals surface area (Å²) in [5.41, 5.74) is 0. The number of unbranched alkanes of at least 4 members (excludes halogenated alkanes) is 20. The van der Waals surface area contributed by atoms with E-state index in [0.717, 1.165) is 11.8 Å². The van der Waals surface area contributed by atoms with Gasteiger partial charge in [0, 0.05) is 0 Å². The largest absolute Gasteiger partial charge is 0.0654 e. The molecule has 0 nitrogen and oxygen atoms in total. The topological polar surface area (TPSA) is 0 Å². The van der Waals surface area contributed by atoms with E-state index in [1.807, 2.05) is 0 Å². The summed E-state index contributed by atoms with van der Waals surface area (Å²) in [6, 6.07) is 0. The zero-order chi connectivity index (χ0) is 24.2. The molecule has 200 valence electrons. The molecule has 0 fully saturated rings. The summed E-state index contributed by atoms with van der Waals surface area (Å²) in [4.78, 5) is 0. The van der Waals surface area contributed by atoms with Crippen molar-refractivity contribution in [2.24, 2.45) is 11.8 Å². The highest BCUT2D eigenvalue weighted by molar-refractivity contribution is 4.57. The fraction of sp³-hybridized carbons (Fsp3) is 1.00.